The Bertz CT molecular complexity index is 872. The number of benzene rings is 2. The maximum atomic E-state index is 12.4. The second kappa shape index (κ2) is 8.14. The fraction of sp³-hybridized carbons (Fsp3) is 0.286. The zero-order chi connectivity index (χ0) is 18.6. The summed E-state index contributed by atoms with van der Waals surface area (Å²) in [7, 11) is 0. The first-order valence-corrected chi connectivity index (χ1v) is 9.27. The second-order valence-electron chi connectivity index (χ2n) is 6.57. The summed E-state index contributed by atoms with van der Waals surface area (Å²) < 4.78 is 0. The van der Waals surface area contributed by atoms with Crippen LogP contribution in [0.1, 0.15) is 41.6 Å². The first-order chi connectivity index (χ1) is 12.4. The molecule has 134 valence electrons. The Morgan fingerprint density at radius 2 is 1.88 bits per heavy atom. The van der Waals surface area contributed by atoms with Gasteiger partial charge in [-0.2, -0.15) is 0 Å². The van der Waals surface area contributed by atoms with Crippen LogP contribution in [-0.4, -0.2) is 22.7 Å². The largest absolute Gasteiger partial charge is 0.378 e. The number of aliphatic hydroxyl groups is 1. The predicted molar refractivity (Wildman–Crippen MR) is 104 cm³/mol. The monoisotopic (exact) mass is 387 g/mol. The number of halogens is 2. The highest BCUT2D eigenvalue weighted by Crippen LogP contribution is 2.28. The van der Waals surface area contributed by atoms with Gasteiger partial charge in [-0.1, -0.05) is 47.2 Å². The highest BCUT2D eigenvalue weighted by atomic mass is 35.5. The Kier molecular flexibility index (Phi) is 5.88. The molecule has 0 bridgehead atoms. The summed E-state index contributed by atoms with van der Waals surface area (Å²) in [6.45, 7) is 0. The molecule has 5 heteroatoms. The van der Waals surface area contributed by atoms with Gasteiger partial charge in [0.25, 0.3) is 5.91 Å². The van der Waals surface area contributed by atoms with Gasteiger partial charge >= 0.3 is 0 Å². The summed E-state index contributed by atoms with van der Waals surface area (Å²) in [5, 5.41) is 14.9. The minimum Gasteiger partial charge on any atom is -0.378 e. The Balaban J connectivity index is 1.68. The Labute approximate surface area is 163 Å². The molecule has 2 aromatic rings. The third-order valence-electron chi connectivity index (χ3n) is 4.41. The molecule has 1 saturated carbocycles. The number of hydrogen-bond donors (Lipinski definition) is 2. The standard InChI is InChI=1S/C21H19Cl2NO2/c22-17-6-1-4-15(12-17)9-11-21(26)10-3-8-19(14-21)24-20(25)16-5-2-7-18(23)13-16/h1-2,4-7,12-13,19,26H,3,8,10,14H2,(H,24,25)/t19-,21+/m0/s1. The minimum absolute atomic E-state index is 0.131. The van der Waals surface area contributed by atoms with E-state index in [9.17, 15) is 9.90 Å². The minimum atomic E-state index is -1.12. The lowest BCUT2D eigenvalue weighted by molar-refractivity contribution is 0.0452. The molecule has 3 nitrogen and oxygen atoms in total. The van der Waals surface area contributed by atoms with E-state index < -0.39 is 5.60 Å². The molecule has 2 aromatic carbocycles. The van der Waals surface area contributed by atoms with Crippen LogP contribution in [0.25, 0.3) is 0 Å². The highest BCUT2D eigenvalue weighted by molar-refractivity contribution is 6.31. The van der Waals surface area contributed by atoms with Crippen molar-refractivity contribution in [2.45, 2.75) is 37.3 Å². The van der Waals surface area contributed by atoms with Crippen LogP contribution in [0, 0.1) is 11.8 Å². The Morgan fingerprint density at radius 1 is 1.15 bits per heavy atom. The number of nitrogens with one attached hydrogen (secondary N) is 1. The van der Waals surface area contributed by atoms with Gasteiger partial charge in [-0.25, -0.2) is 0 Å². The van der Waals surface area contributed by atoms with Crippen molar-refractivity contribution in [1.82, 2.24) is 5.32 Å². The average molecular weight is 388 g/mol. The van der Waals surface area contributed by atoms with Crippen LogP contribution in [-0.2, 0) is 0 Å². The van der Waals surface area contributed by atoms with Crippen molar-refractivity contribution >= 4 is 29.1 Å². The molecular formula is C21H19Cl2NO2. The zero-order valence-corrected chi connectivity index (χ0v) is 15.6. The molecule has 2 N–H and O–H groups in total. The van der Waals surface area contributed by atoms with Gasteiger partial charge < -0.3 is 10.4 Å². The van der Waals surface area contributed by atoms with E-state index in [2.05, 4.69) is 17.2 Å². The van der Waals surface area contributed by atoms with Crippen LogP contribution in [0.15, 0.2) is 48.5 Å². The summed E-state index contributed by atoms with van der Waals surface area (Å²) in [6.07, 6.45) is 2.59. The van der Waals surface area contributed by atoms with E-state index in [1.165, 1.54) is 0 Å². The molecule has 3 rings (SSSR count). The fourth-order valence-corrected chi connectivity index (χ4v) is 3.52. The van der Waals surface area contributed by atoms with Crippen molar-refractivity contribution < 1.29 is 9.90 Å². The van der Waals surface area contributed by atoms with Gasteiger partial charge in [0.2, 0.25) is 0 Å². The van der Waals surface area contributed by atoms with E-state index in [1.54, 1.807) is 36.4 Å². The van der Waals surface area contributed by atoms with Crippen LogP contribution < -0.4 is 5.32 Å². The van der Waals surface area contributed by atoms with Crippen LogP contribution in [0.2, 0.25) is 10.0 Å². The van der Waals surface area contributed by atoms with Gasteiger partial charge in [-0.15, -0.1) is 0 Å². The summed E-state index contributed by atoms with van der Waals surface area (Å²) in [5.41, 5.74) is 0.153. The number of carbonyl (C=O) groups is 1. The average Bonchev–Trinajstić information content (AvgIpc) is 2.60. The molecule has 1 aliphatic carbocycles. The van der Waals surface area contributed by atoms with Gasteiger partial charge in [-0.05, 0) is 55.7 Å². The Morgan fingerprint density at radius 3 is 2.62 bits per heavy atom. The number of amides is 1. The lowest BCUT2D eigenvalue weighted by Crippen LogP contribution is -2.45. The van der Waals surface area contributed by atoms with Crippen LogP contribution in [0.3, 0.4) is 0 Å². The summed E-state index contributed by atoms with van der Waals surface area (Å²) in [6, 6.07) is 13.9. The smallest absolute Gasteiger partial charge is 0.251 e. The number of hydrogen-bond acceptors (Lipinski definition) is 2. The molecule has 26 heavy (non-hydrogen) atoms. The third kappa shape index (κ3) is 5.02. The van der Waals surface area contributed by atoms with Crippen molar-refractivity contribution in [1.29, 1.82) is 0 Å². The molecule has 0 saturated heterocycles. The molecule has 0 heterocycles. The quantitative estimate of drug-likeness (QED) is 0.747. The molecule has 1 amide bonds. The first-order valence-electron chi connectivity index (χ1n) is 8.51. The van der Waals surface area contributed by atoms with Crippen molar-refractivity contribution in [2.75, 3.05) is 0 Å². The maximum Gasteiger partial charge on any atom is 0.251 e. The SMILES string of the molecule is O=C(N[C@H]1CCC[C@@](O)(C#Cc2cccc(Cl)c2)C1)c1cccc(Cl)c1. The fourth-order valence-electron chi connectivity index (χ4n) is 3.14. The topological polar surface area (TPSA) is 49.3 Å². The van der Waals surface area contributed by atoms with Gasteiger partial charge in [0.15, 0.2) is 0 Å². The summed E-state index contributed by atoms with van der Waals surface area (Å²) in [4.78, 5) is 12.4. The molecule has 1 fully saturated rings. The highest BCUT2D eigenvalue weighted by Gasteiger charge is 2.33. The molecule has 0 spiro atoms. The first kappa shape index (κ1) is 18.8. The van der Waals surface area contributed by atoms with Gasteiger partial charge in [0.1, 0.15) is 5.60 Å². The lowest BCUT2D eigenvalue weighted by atomic mass is 9.82. The van der Waals surface area contributed by atoms with E-state index >= 15 is 0 Å². The molecule has 0 unspecified atom stereocenters. The number of carbonyl (C=O) groups excluding carboxylic acids is 1. The van der Waals surface area contributed by atoms with E-state index in [0.29, 0.717) is 28.5 Å². The summed E-state index contributed by atoms with van der Waals surface area (Å²) >= 11 is 11.9. The van der Waals surface area contributed by atoms with Crippen molar-refractivity contribution in [3.8, 4) is 11.8 Å². The zero-order valence-electron chi connectivity index (χ0n) is 14.1. The van der Waals surface area contributed by atoms with Crippen molar-refractivity contribution in [2.24, 2.45) is 0 Å². The lowest BCUT2D eigenvalue weighted by Gasteiger charge is -2.33. The van der Waals surface area contributed by atoms with Gasteiger partial charge in [-0.3, -0.25) is 4.79 Å². The van der Waals surface area contributed by atoms with E-state index in [0.717, 1.165) is 18.4 Å². The van der Waals surface area contributed by atoms with Crippen molar-refractivity contribution in [3.05, 3.63) is 69.7 Å². The molecular weight excluding hydrogens is 369 g/mol. The third-order valence-corrected chi connectivity index (χ3v) is 4.88. The van der Waals surface area contributed by atoms with Crippen LogP contribution >= 0.6 is 23.2 Å². The van der Waals surface area contributed by atoms with E-state index in [1.807, 2.05) is 12.1 Å². The van der Waals surface area contributed by atoms with Crippen LogP contribution in [0.4, 0.5) is 0 Å². The van der Waals surface area contributed by atoms with E-state index in [4.69, 9.17) is 23.2 Å². The van der Waals surface area contributed by atoms with Gasteiger partial charge in [0.05, 0.1) is 0 Å². The molecule has 2 atom stereocenters. The van der Waals surface area contributed by atoms with E-state index in [-0.39, 0.29) is 11.9 Å². The second-order valence-corrected chi connectivity index (χ2v) is 7.44. The Hall–Kier alpha value is -1.99. The molecule has 0 aromatic heterocycles. The van der Waals surface area contributed by atoms with Gasteiger partial charge in [0, 0.05) is 33.6 Å². The van der Waals surface area contributed by atoms with Crippen LogP contribution in [0.5, 0.6) is 0 Å². The molecule has 0 radical (unpaired) electrons. The molecule has 0 aliphatic heterocycles. The maximum absolute atomic E-state index is 12.4. The normalized spacial score (nSPS) is 22.2. The summed E-state index contributed by atoms with van der Waals surface area (Å²) in [5.74, 6) is 5.77. The predicted octanol–water partition coefficient (Wildman–Crippen LogP) is 4.45. The number of rotatable bonds is 2. The van der Waals surface area contributed by atoms with Crippen molar-refractivity contribution in [3.63, 3.8) is 0 Å². The molecule has 1 aliphatic rings.